The molecule has 0 radical (unpaired) electrons. The van der Waals surface area contributed by atoms with E-state index in [0.29, 0.717) is 18.8 Å². The highest BCUT2D eigenvalue weighted by Gasteiger charge is 2.33. The first-order valence-electron chi connectivity index (χ1n) is 8.59. The molecule has 1 aromatic rings. The number of hydrogen-bond donors (Lipinski definition) is 0. The van der Waals surface area contributed by atoms with Gasteiger partial charge in [-0.05, 0) is 57.9 Å². The normalized spacial score (nSPS) is 16.5. The van der Waals surface area contributed by atoms with Gasteiger partial charge in [-0.2, -0.15) is 4.31 Å². The van der Waals surface area contributed by atoms with Crippen LogP contribution in [0.5, 0.6) is 5.75 Å². The summed E-state index contributed by atoms with van der Waals surface area (Å²) in [4.78, 5) is 13.8. The summed E-state index contributed by atoms with van der Waals surface area (Å²) in [5.41, 5.74) is 1.28. The zero-order chi connectivity index (χ0) is 19.7. The Kier molecular flexibility index (Phi) is 5.87. The van der Waals surface area contributed by atoms with Crippen molar-refractivity contribution in [3.63, 3.8) is 0 Å². The number of sulfonamides is 1. The van der Waals surface area contributed by atoms with E-state index in [0.717, 1.165) is 11.1 Å². The summed E-state index contributed by atoms with van der Waals surface area (Å²) in [5.74, 6) is 0.336. The zero-order valence-electron chi connectivity index (χ0n) is 16.3. The smallest absolute Gasteiger partial charge is 0.410 e. The van der Waals surface area contributed by atoms with Crippen molar-refractivity contribution in [2.45, 2.75) is 45.1 Å². The van der Waals surface area contributed by atoms with Gasteiger partial charge in [-0.3, -0.25) is 0 Å². The Morgan fingerprint density at radius 2 is 1.58 bits per heavy atom. The van der Waals surface area contributed by atoms with Crippen LogP contribution >= 0.6 is 0 Å². The third-order valence-corrected chi connectivity index (χ3v) is 6.21. The maximum absolute atomic E-state index is 13.0. The molecule has 0 atom stereocenters. The summed E-state index contributed by atoms with van der Waals surface area (Å²) in [5, 5.41) is 0. The molecule has 0 aromatic heterocycles. The molecule has 146 valence electrons. The second-order valence-corrected chi connectivity index (χ2v) is 9.37. The maximum Gasteiger partial charge on any atom is 0.410 e. The van der Waals surface area contributed by atoms with Gasteiger partial charge in [0.05, 0.1) is 7.11 Å². The van der Waals surface area contributed by atoms with Crippen molar-refractivity contribution in [3.05, 3.63) is 23.3 Å². The molecule has 1 aliphatic rings. The number of carbonyl (C=O) groups excluding carboxylic acids is 1. The molecule has 1 aromatic carbocycles. The lowest BCUT2D eigenvalue weighted by molar-refractivity contribution is 0.0192. The van der Waals surface area contributed by atoms with Crippen LogP contribution in [0.25, 0.3) is 0 Å². The second kappa shape index (κ2) is 7.44. The average molecular weight is 384 g/mol. The lowest BCUT2D eigenvalue weighted by atomic mass is 10.1. The number of piperazine rings is 1. The van der Waals surface area contributed by atoms with E-state index in [4.69, 9.17) is 9.47 Å². The first-order valence-corrected chi connectivity index (χ1v) is 10.0. The fraction of sp³-hybridized carbons (Fsp3) is 0.611. The molecule has 1 aliphatic heterocycles. The molecular formula is C18H28N2O5S. The van der Waals surface area contributed by atoms with Gasteiger partial charge in [0.1, 0.15) is 16.2 Å². The number of methoxy groups -OCH3 is 1. The molecule has 1 fully saturated rings. The molecule has 0 aliphatic carbocycles. The number of rotatable bonds is 3. The number of amides is 1. The summed E-state index contributed by atoms with van der Waals surface area (Å²) in [6.45, 7) is 10.2. The zero-order valence-corrected chi connectivity index (χ0v) is 17.1. The van der Waals surface area contributed by atoms with Crippen LogP contribution in [-0.2, 0) is 14.8 Å². The topological polar surface area (TPSA) is 76.2 Å². The van der Waals surface area contributed by atoms with Crippen molar-refractivity contribution < 1.29 is 22.7 Å². The lowest BCUT2D eigenvalue weighted by Gasteiger charge is -2.35. The summed E-state index contributed by atoms with van der Waals surface area (Å²) in [6, 6.07) is 3.38. The van der Waals surface area contributed by atoms with Gasteiger partial charge in [-0.15, -0.1) is 0 Å². The number of hydrogen-bond acceptors (Lipinski definition) is 5. The second-order valence-electron chi connectivity index (χ2n) is 7.46. The Hall–Kier alpha value is -1.80. The molecule has 26 heavy (non-hydrogen) atoms. The minimum Gasteiger partial charge on any atom is -0.495 e. The first-order chi connectivity index (χ1) is 12.0. The highest BCUT2D eigenvalue weighted by atomic mass is 32.2. The molecule has 8 heteroatoms. The van der Waals surface area contributed by atoms with E-state index < -0.39 is 21.7 Å². The van der Waals surface area contributed by atoms with Crippen molar-refractivity contribution in [1.29, 1.82) is 0 Å². The van der Waals surface area contributed by atoms with Crippen LogP contribution < -0.4 is 4.74 Å². The fourth-order valence-electron chi connectivity index (χ4n) is 2.70. The summed E-state index contributed by atoms with van der Waals surface area (Å²) in [7, 11) is -2.24. The van der Waals surface area contributed by atoms with E-state index >= 15 is 0 Å². The standard InChI is InChI=1S/C18H28N2O5S/c1-13-11-15(24-6)16(12-14(13)2)26(22,23)20-9-7-19(8-10-20)17(21)25-18(3,4)5/h11-12H,7-10H2,1-6H3. The SMILES string of the molecule is COc1cc(C)c(C)cc1S(=O)(=O)N1CCN(C(=O)OC(C)(C)C)CC1. The molecule has 1 amide bonds. The monoisotopic (exact) mass is 384 g/mol. The van der Waals surface area contributed by atoms with E-state index in [1.807, 2.05) is 13.8 Å². The van der Waals surface area contributed by atoms with E-state index in [1.165, 1.54) is 16.3 Å². The van der Waals surface area contributed by atoms with Crippen LogP contribution in [0.2, 0.25) is 0 Å². The summed E-state index contributed by atoms with van der Waals surface area (Å²) in [6.07, 6.45) is -0.418. The van der Waals surface area contributed by atoms with Crippen LogP contribution in [0.3, 0.4) is 0 Å². The Bertz CT molecular complexity index is 776. The van der Waals surface area contributed by atoms with Crippen LogP contribution in [0.1, 0.15) is 31.9 Å². The van der Waals surface area contributed by atoms with Gasteiger partial charge >= 0.3 is 6.09 Å². The summed E-state index contributed by atoms with van der Waals surface area (Å²) >= 11 is 0. The van der Waals surface area contributed by atoms with Gasteiger partial charge in [-0.25, -0.2) is 13.2 Å². The molecule has 0 spiro atoms. The van der Waals surface area contributed by atoms with Gasteiger partial charge in [0.2, 0.25) is 10.0 Å². The van der Waals surface area contributed by atoms with Gasteiger partial charge in [0.25, 0.3) is 0 Å². The first kappa shape index (κ1) is 20.5. The van der Waals surface area contributed by atoms with Crippen LogP contribution in [0.15, 0.2) is 17.0 Å². The van der Waals surface area contributed by atoms with Crippen LogP contribution in [0.4, 0.5) is 4.79 Å². The van der Waals surface area contributed by atoms with Crippen LogP contribution in [0, 0.1) is 13.8 Å². The molecule has 0 N–H and O–H groups in total. The third-order valence-electron chi connectivity index (χ3n) is 4.29. The van der Waals surface area contributed by atoms with Crippen molar-refractivity contribution >= 4 is 16.1 Å². The predicted octanol–water partition coefficient (Wildman–Crippen LogP) is 2.55. The molecular weight excluding hydrogens is 356 g/mol. The predicted molar refractivity (Wildman–Crippen MR) is 99.0 cm³/mol. The quantitative estimate of drug-likeness (QED) is 0.800. The fourth-order valence-corrected chi connectivity index (χ4v) is 4.35. The Morgan fingerprint density at radius 1 is 1.04 bits per heavy atom. The van der Waals surface area contributed by atoms with Crippen LogP contribution in [-0.4, -0.2) is 62.6 Å². The minimum absolute atomic E-state index is 0.161. The Morgan fingerprint density at radius 3 is 2.08 bits per heavy atom. The number of aryl methyl sites for hydroxylation is 2. The lowest BCUT2D eigenvalue weighted by Crippen LogP contribution is -2.51. The van der Waals surface area contributed by atoms with Crippen molar-refractivity contribution in [1.82, 2.24) is 9.21 Å². The van der Waals surface area contributed by atoms with Gasteiger partial charge in [0.15, 0.2) is 0 Å². The maximum atomic E-state index is 13.0. The third kappa shape index (κ3) is 4.48. The van der Waals surface area contributed by atoms with E-state index in [-0.39, 0.29) is 18.0 Å². The van der Waals surface area contributed by atoms with E-state index in [2.05, 4.69) is 0 Å². The number of benzene rings is 1. The number of nitrogens with zero attached hydrogens (tertiary/aromatic N) is 2. The van der Waals surface area contributed by atoms with Crippen molar-refractivity contribution in [2.24, 2.45) is 0 Å². The van der Waals surface area contributed by atoms with Gasteiger partial charge < -0.3 is 14.4 Å². The largest absolute Gasteiger partial charge is 0.495 e. The van der Waals surface area contributed by atoms with Gasteiger partial charge in [-0.1, -0.05) is 0 Å². The summed E-state index contributed by atoms with van der Waals surface area (Å²) < 4.78 is 38.1. The Labute approximate surface area is 155 Å². The molecule has 0 saturated carbocycles. The number of ether oxygens (including phenoxy) is 2. The molecule has 7 nitrogen and oxygen atoms in total. The minimum atomic E-state index is -3.70. The van der Waals surface area contributed by atoms with Crippen molar-refractivity contribution in [3.8, 4) is 5.75 Å². The number of carbonyl (C=O) groups is 1. The highest BCUT2D eigenvalue weighted by Crippen LogP contribution is 2.30. The van der Waals surface area contributed by atoms with Gasteiger partial charge in [0, 0.05) is 26.2 Å². The average Bonchev–Trinajstić information content (AvgIpc) is 2.55. The molecule has 0 unspecified atom stereocenters. The van der Waals surface area contributed by atoms with E-state index in [9.17, 15) is 13.2 Å². The molecule has 0 bridgehead atoms. The molecule has 2 rings (SSSR count). The van der Waals surface area contributed by atoms with E-state index in [1.54, 1.807) is 32.9 Å². The van der Waals surface area contributed by atoms with Crippen molar-refractivity contribution in [2.75, 3.05) is 33.3 Å². The molecule has 1 saturated heterocycles. The molecule has 1 heterocycles. The Balaban J connectivity index is 2.16. The highest BCUT2D eigenvalue weighted by molar-refractivity contribution is 7.89.